The Balaban J connectivity index is 1.84. The van der Waals surface area contributed by atoms with E-state index in [0.717, 1.165) is 25.9 Å². The lowest BCUT2D eigenvalue weighted by molar-refractivity contribution is 0.164. The minimum absolute atomic E-state index is 0.138. The zero-order chi connectivity index (χ0) is 14.4. The molecular weight excluding hydrogens is 250 g/mol. The fourth-order valence-corrected chi connectivity index (χ4v) is 3.35. The number of piperidine rings is 1. The highest BCUT2D eigenvalue weighted by Crippen LogP contribution is 2.18. The first-order valence-corrected chi connectivity index (χ1v) is 8.47. The number of hydrogen-bond acceptors (Lipinski definition) is 2. The molecule has 20 heavy (non-hydrogen) atoms. The fraction of sp³-hybridized carbons (Fsp3) is 0.938. The van der Waals surface area contributed by atoms with Crippen molar-refractivity contribution in [3.8, 4) is 0 Å². The minimum atomic E-state index is 0.138. The molecule has 1 saturated heterocycles. The summed E-state index contributed by atoms with van der Waals surface area (Å²) in [7, 11) is 0. The van der Waals surface area contributed by atoms with Gasteiger partial charge in [-0.3, -0.25) is 0 Å². The largest absolute Gasteiger partial charge is 0.335 e. The van der Waals surface area contributed by atoms with Crippen molar-refractivity contribution in [1.29, 1.82) is 0 Å². The lowest BCUT2D eigenvalue weighted by atomic mass is 9.96. The Kier molecular flexibility index (Phi) is 6.14. The summed E-state index contributed by atoms with van der Waals surface area (Å²) in [5.41, 5.74) is 0. The maximum absolute atomic E-state index is 12.5. The monoisotopic (exact) mass is 281 g/mol. The molecule has 0 aromatic carbocycles. The second-order valence-corrected chi connectivity index (χ2v) is 6.68. The first kappa shape index (κ1) is 15.6. The van der Waals surface area contributed by atoms with Crippen LogP contribution in [0.5, 0.6) is 0 Å². The molecule has 2 N–H and O–H groups in total. The third-order valence-corrected chi connectivity index (χ3v) is 4.65. The highest BCUT2D eigenvalue weighted by atomic mass is 16.2. The summed E-state index contributed by atoms with van der Waals surface area (Å²) in [5, 5.41) is 6.79. The molecule has 1 unspecified atom stereocenters. The van der Waals surface area contributed by atoms with E-state index in [-0.39, 0.29) is 12.1 Å². The van der Waals surface area contributed by atoms with Gasteiger partial charge in [-0.25, -0.2) is 4.79 Å². The van der Waals surface area contributed by atoms with Gasteiger partial charge in [-0.2, -0.15) is 0 Å². The molecule has 0 bridgehead atoms. The summed E-state index contributed by atoms with van der Waals surface area (Å²) in [4.78, 5) is 14.5. The number of nitrogens with one attached hydrogen (secondary N) is 2. The Morgan fingerprint density at radius 3 is 2.45 bits per heavy atom. The number of urea groups is 1. The van der Waals surface area contributed by atoms with Crippen molar-refractivity contribution >= 4 is 6.03 Å². The molecule has 0 radical (unpaired) electrons. The molecule has 4 heteroatoms. The van der Waals surface area contributed by atoms with Crippen LogP contribution in [0, 0.1) is 0 Å². The normalized spacial score (nSPS) is 24.6. The van der Waals surface area contributed by atoms with Gasteiger partial charge in [0.15, 0.2) is 0 Å². The van der Waals surface area contributed by atoms with E-state index in [9.17, 15) is 4.79 Å². The van der Waals surface area contributed by atoms with Crippen LogP contribution in [0.1, 0.15) is 65.2 Å². The van der Waals surface area contributed by atoms with Gasteiger partial charge in [-0.1, -0.05) is 25.7 Å². The first-order valence-electron chi connectivity index (χ1n) is 8.47. The van der Waals surface area contributed by atoms with Crippen LogP contribution < -0.4 is 10.6 Å². The zero-order valence-electron chi connectivity index (χ0n) is 13.2. The van der Waals surface area contributed by atoms with Gasteiger partial charge in [0.2, 0.25) is 0 Å². The van der Waals surface area contributed by atoms with E-state index in [4.69, 9.17) is 0 Å². The molecule has 0 aromatic heterocycles. The van der Waals surface area contributed by atoms with Crippen LogP contribution in [0.3, 0.4) is 0 Å². The van der Waals surface area contributed by atoms with E-state index >= 15 is 0 Å². The van der Waals surface area contributed by atoms with E-state index in [1.54, 1.807) is 0 Å². The predicted octanol–water partition coefficient (Wildman–Crippen LogP) is 2.88. The van der Waals surface area contributed by atoms with Crippen LogP contribution in [0.4, 0.5) is 4.79 Å². The number of amides is 2. The summed E-state index contributed by atoms with van der Waals surface area (Å²) in [6.07, 6.45) is 9.90. The van der Waals surface area contributed by atoms with Gasteiger partial charge in [-0.05, 0) is 46.1 Å². The Hall–Kier alpha value is -0.770. The predicted molar refractivity (Wildman–Crippen MR) is 82.9 cm³/mol. The standard InChI is InChI=1S/C16H31N3O/c1-13(2)19(12-15-10-6-7-11-17-15)16(20)18-14-8-4-3-5-9-14/h13-15,17H,3-12H2,1-2H3,(H,18,20). The van der Waals surface area contributed by atoms with E-state index in [1.807, 2.05) is 4.90 Å². The van der Waals surface area contributed by atoms with Crippen molar-refractivity contribution in [2.75, 3.05) is 13.1 Å². The topological polar surface area (TPSA) is 44.4 Å². The minimum Gasteiger partial charge on any atom is -0.335 e. The van der Waals surface area contributed by atoms with Crippen LogP contribution in [0.2, 0.25) is 0 Å². The molecule has 1 aliphatic carbocycles. The van der Waals surface area contributed by atoms with E-state index in [1.165, 1.54) is 38.5 Å². The van der Waals surface area contributed by atoms with Crippen molar-refractivity contribution in [2.45, 2.75) is 83.3 Å². The van der Waals surface area contributed by atoms with Crippen molar-refractivity contribution < 1.29 is 4.79 Å². The molecule has 1 saturated carbocycles. The number of carbonyl (C=O) groups is 1. The van der Waals surface area contributed by atoms with Crippen molar-refractivity contribution in [1.82, 2.24) is 15.5 Å². The van der Waals surface area contributed by atoms with Crippen LogP contribution in [0.15, 0.2) is 0 Å². The van der Waals surface area contributed by atoms with Crippen LogP contribution in [0.25, 0.3) is 0 Å². The third-order valence-electron chi connectivity index (χ3n) is 4.65. The second-order valence-electron chi connectivity index (χ2n) is 6.68. The lowest BCUT2D eigenvalue weighted by Gasteiger charge is -2.35. The quantitative estimate of drug-likeness (QED) is 0.832. The fourth-order valence-electron chi connectivity index (χ4n) is 3.35. The Bertz CT molecular complexity index is 294. The van der Waals surface area contributed by atoms with Gasteiger partial charge in [0, 0.05) is 24.7 Å². The molecule has 2 rings (SSSR count). The molecule has 1 aliphatic heterocycles. The summed E-state index contributed by atoms with van der Waals surface area (Å²) >= 11 is 0. The highest BCUT2D eigenvalue weighted by Gasteiger charge is 2.25. The van der Waals surface area contributed by atoms with Crippen molar-refractivity contribution in [3.05, 3.63) is 0 Å². The molecule has 116 valence electrons. The Morgan fingerprint density at radius 2 is 1.85 bits per heavy atom. The van der Waals surface area contributed by atoms with Crippen LogP contribution >= 0.6 is 0 Å². The maximum Gasteiger partial charge on any atom is 0.317 e. The third kappa shape index (κ3) is 4.65. The summed E-state index contributed by atoms with van der Waals surface area (Å²) in [5.74, 6) is 0. The number of carbonyl (C=O) groups excluding carboxylic acids is 1. The Morgan fingerprint density at radius 1 is 1.15 bits per heavy atom. The molecule has 1 atom stereocenters. The lowest BCUT2D eigenvalue weighted by Crippen LogP contribution is -2.53. The van der Waals surface area contributed by atoms with E-state index in [0.29, 0.717) is 12.1 Å². The van der Waals surface area contributed by atoms with Gasteiger partial charge in [-0.15, -0.1) is 0 Å². The van der Waals surface area contributed by atoms with Crippen molar-refractivity contribution in [2.24, 2.45) is 0 Å². The molecule has 1 heterocycles. The molecule has 2 fully saturated rings. The maximum atomic E-state index is 12.5. The molecule has 2 aliphatic rings. The van der Waals surface area contributed by atoms with Gasteiger partial charge in [0.05, 0.1) is 0 Å². The highest BCUT2D eigenvalue weighted by molar-refractivity contribution is 5.74. The molecular formula is C16H31N3O. The number of hydrogen-bond donors (Lipinski definition) is 2. The van der Waals surface area contributed by atoms with Gasteiger partial charge in [0.25, 0.3) is 0 Å². The average Bonchev–Trinajstić information content (AvgIpc) is 2.46. The van der Waals surface area contributed by atoms with Crippen molar-refractivity contribution in [3.63, 3.8) is 0 Å². The molecule has 2 amide bonds. The molecule has 4 nitrogen and oxygen atoms in total. The smallest absolute Gasteiger partial charge is 0.317 e. The second kappa shape index (κ2) is 7.87. The van der Waals surface area contributed by atoms with Gasteiger partial charge in [0.1, 0.15) is 0 Å². The molecule has 0 spiro atoms. The first-order chi connectivity index (χ1) is 9.66. The van der Waals surface area contributed by atoms with Gasteiger partial charge >= 0.3 is 6.03 Å². The van der Waals surface area contributed by atoms with Crippen LogP contribution in [-0.2, 0) is 0 Å². The Labute approximate surface area is 123 Å². The number of nitrogens with zero attached hydrogens (tertiary/aromatic N) is 1. The summed E-state index contributed by atoms with van der Waals surface area (Å²) in [6, 6.07) is 1.28. The summed E-state index contributed by atoms with van der Waals surface area (Å²) < 4.78 is 0. The van der Waals surface area contributed by atoms with E-state index in [2.05, 4.69) is 24.5 Å². The zero-order valence-corrected chi connectivity index (χ0v) is 13.2. The molecule has 0 aromatic rings. The SMILES string of the molecule is CC(C)N(CC1CCCCN1)C(=O)NC1CCCCC1. The van der Waals surface area contributed by atoms with Crippen LogP contribution in [-0.4, -0.2) is 42.1 Å². The van der Waals surface area contributed by atoms with Gasteiger partial charge < -0.3 is 15.5 Å². The average molecular weight is 281 g/mol. The van der Waals surface area contributed by atoms with E-state index < -0.39 is 0 Å². The number of rotatable bonds is 4. The summed E-state index contributed by atoms with van der Waals surface area (Å²) in [6.45, 7) is 6.17.